The maximum absolute atomic E-state index is 12.1. The van der Waals surface area contributed by atoms with Crippen LogP contribution in [-0.4, -0.2) is 38.7 Å². The topological polar surface area (TPSA) is 85.6 Å². The van der Waals surface area contributed by atoms with Gasteiger partial charge in [-0.25, -0.2) is 0 Å². The molecule has 176 valence electrons. The van der Waals surface area contributed by atoms with E-state index in [-0.39, 0.29) is 18.4 Å². The minimum absolute atomic E-state index is 0.0650. The van der Waals surface area contributed by atoms with Crippen molar-refractivity contribution < 1.29 is 23.8 Å². The molecule has 0 N–H and O–H groups in total. The predicted octanol–water partition coefficient (Wildman–Crippen LogP) is 5.61. The third kappa shape index (κ3) is 11.6. The predicted molar refractivity (Wildman–Crippen MR) is 131 cm³/mol. The number of benzene rings is 1. The molecule has 0 saturated heterocycles. The van der Waals surface area contributed by atoms with E-state index in [2.05, 4.69) is 6.07 Å². The van der Waals surface area contributed by atoms with Crippen LogP contribution in [0.5, 0.6) is 5.75 Å². The van der Waals surface area contributed by atoms with Crippen LogP contribution in [0.4, 0.5) is 0 Å². The van der Waals surface area contributed by atoms with Crippen LogP contribution in [0.2, 0.25) is 0 Å². The van der Waals surface area contributed by atoms with E-state index in [0.29, 0.717) is 23.0 Å². The van der Waals surface area contributed by atoms with E-state index in [1.807, 2.05) is 34.6 Å². The summed E-state index contributed by atoms with van der Waals surface area (Å²) in [4.78, 5) is 24.2. The zero-order valence-electron chi connectivity index (χ0n) is 19.9. The molecule has 0 fully saturated rings. The second-order valence-corrected chi connectivity index (χ2v) is 11.8. The molecule has 0 atom stereocenters. The highest BCUT2D eigenvalue weighted by atomic mass is 32.2. The molecular formula is C24H33NO5S2. The molecule has 6 nitrogen and oxygen atoms in total. The number of ether oxygens (including phenoxy) is 3. The van der Waals surface area contributed by atoms with Crippen LogP contribution in [0, 0.1) is 11.3 Å². The summed E-state index contributed by atoms with van der Waals surface area (Å²) in [5.74, 6) is -0.620. The Morgan fingerprint density at radius 2 is 1.56 bits per heavy atom. The lowest BCUT2D eigenvalue weighted by molar-refractivity contribution is -0.160. The minimum Gasteiger partial charge on any atom is -0.460 e. The van der Waals surface area contributed by atoms with Gasteiger partial charge in [0.1, 0.15) is 16.1 Å². The number of rotatable bonds is 10. The lowest BCUT2D eigenvalue weighted by atomic mass is 10.1. The van der Waals surface area contributed by atoms with Crippen molar-refractivity contribution >= 4 is 40.1 Å². The van der Waals surface area contributed by atoms with Gasteiger partial charge >= 0.3 is 11.9 Å². The second kappa shape index (κ2) is 11.8. The van der Waals surface area contributed by atoms with Crippen LogP contribution in [-0.2, 0) is 19.1 Å². The van der Waals surface area contributed by atoms with Gasteiger partial charge in [0.2, 0.25) is 0 Å². The van der Waals surface area contributed by atoms with Gasteiger partial charge in [0.05, 0.1) is 35.3 Å². The Hall–Kier alpha value is -1.95. The summed E-state index contributed by atoms with van der Waals surface area (Å²) in [6.45, 7) is 13.6. The van der Waals surface area contributed by atoms with Crippen molar-refractivity contribution in [3.05, 3.63) is 29.8 Å². The van der Waals surface area contributed by atoms with Crippen LogP contribution in [0.25, 0.3) is 0 Å². The van der Waals surface area contributed by atoms with Crippen molar-refractivity contribution in [2.45, 2.75) is 83.7 Å². The van der Waals surface area contributed by atoms with Crippen LogP contribution < -0.4 is 4.74 Å². The van der Waals surface area contributed by atoms with Gasteiger partial charge in [-0.3, -0.25) is 9.59 Å². The normalized spacial score (nSPS) is 12.1. The first-order valence-corrected chi connectivity index (χ1v) is 11.7. The van der Waals surface area contributed by atoms with Crippen molar-refractivity contribution in [1.82, 2.24) is 0 Å². The monoisotopic (exact) mass is 479 g/mol. The highest BCUT2D eigenvalue weighted by molar-refractivity contribution is 8.24. The van der Waals surface area contributed by atoms with Gasteiger partial charge in [0, 0.05) is 6.42 Å². The summed E-state index contributed by atoms with van der Waals surface area (Å²) in [7, 11) is 0. The molecule has 0 unspecified atom stereocenters. The lowest BCUT2D eigenvalue weighted by Crippen LogP contribution is -2.31. The van der Waals surface area contributed by atoms with Crippen molar-refractivity contribution in [1.29, 1.82) is 5.26 Å². The van der Waals surface area contributed by atoms with Gasteiger partial charge in [-0.2, -0.15) is 5.26 Å². The van der Waals surface area contributed by atoms with Crippen LogP contribution >= 0.6 is 24.0 Å². The fourth-order valence-corrected chi connectivity index (χ4v) is 3.90. The van der Waals surface area contributed by atoms with Crippen molar-refractivity contribution in [2.24, 2.45) is 0 Å². The van der Waals surface area contributed by atoms with Crippen LogP contribution in [0.1, 0.15) is 73.3 Å². The SMILES string of the molecule is CC(C)(C)OCCC(C)(C)OC(=O)CCC(=O)Oc1ccc(C(=S)SC(C)(C)C#N)cc1. The van der Waals surface area contributed by atoms with Gasteiger partial charge in [-0.15, -0.1) is 0 Å². The van der Waals surface area contributed by atoms with Gasteiger partial charge < -0.3 is 14.2 Å². The molecule has 8 heteroatoms. The summed E-state index contributed by atoms with van der Waals surface area (Å²) in [6, 6.07) is 8.94. The molecule has 32 heavy (non-hydrogen) atoms. The summed E-state index contributed by atoms with van der Waals surface area (Å²) >= 11 is 6.67. The Balaban J connectivity index is 2.46. The third-order valence-corrected chi connectivity index (χ3v) is 5.61. The fourth-order valence-electron chi connectivity index (χ4n) is 2.37. The molecule has 0 saturated carbocycles. The molecule has 0 aliphatic carbocycles. The van der Waals surface area contributed by atoms with E-state index in [1.54, 1.807) is 38.1 Å². The number of hydrogen-bond acceptors (Lipinski definition) is 8. The van der Waals surface area contributed by atoms with Crippen LogP contribution in [0.15, 0.2) is 24.3 Å². The molecule has 0 amide bonds. The summed E-state index contributed by atoms with van der Waals surface area (Å²) in [5, 5.41) is 9.13. The Labute approximate surface area is 201 Å². The summed E-state index contributed by atoms with van der Waals surface area (Å²) in [5.41, 5.74) is -0.160. The fraction of sp³-hybridized carbons (Fsp3) is 0.583. The summed E-state index contributed by atoms with van der Waals surface area (Å²) < 4.78 is 16.4. The standard InChI is InChI=1S/C24H33NO5S2/c1-22(2,3)28-15-14-23(4,5)30-20(27)13-12-19(26)29-18-10-8-17(9-11-18)21(31)32-24(6,7)16-25/h8-11H,12-15H2,1-7H3. The zero-order chi connectivity index (χ0) is 24.6. The molecular weight excluding hydrogens is 446 g/mol. The van der Waals surface area contributed by atoms with Gasteiger partial charge in [0.15, 0.2) is 0 Å². The first-order valence-electron chi connectivity index (χ1n) is 10.4. The first kappa shape index (κ1) is 28.1. The van der Waals surface area contributed by atoms with Crippen LogP contribution in [0.3, 0.4) is 0 Å². The largest absolute Gasteiger partial charge is 0.460 e. The smallest absolute Gasteiger partial charge is 0.311 e. The molecule has 1 aromatic rings. The van der Waals surface area contributed by atoms with E-state index in [9.17, 15) is 9.59 Å². The Morgan fingerprint density at radius 3 is 2.09 bits per heavy atom. The van der Waals surface area contributed by atoms with Gasteiger partial charge in [-0.05, 0) is 78.3 Å². The molecule has 0 aromatic heterocycles. The number of nitriles is 1. The van der Waals surface area contributed by atoms with E-state index in [4.69, 9.17) is 31.7 Å². The van der Waals surface area contributed by atoms with Gasteiger partial charge in [0.25, 0.3) is 0 Å². The number of carbonyl (C=O) groups is 2. The molecule has 0 radical (unpaired) electrons. The number of thioether (sulfide) groups is 1. The Bertz CT molecular complexity index is 849. The highest BCUT2D eigenvalue weighted by Crippen LogP contribution is 2.29. The maximum atomic E-state index is 12.1. The highest BCUT2D eigenvalue weighted by Gasteiger charge is 2.25. The Morgan fingerprint density at radius 1 is 1.00 bits per heavy atom. The molecule has 0 aliphatic heterocycles. The third-order valence-electron chi connectivity index (χ3n) is 4.10. The molecule has 1 rings (SSSR count). The number of hydrogen-bond donors (Lipinski definition) is 0. The van der Waals surface area contributed by atoms with E-state index in [1.165, 1.54) is 11.8 Å². The second-order valence-electron chi connectivity index (χ2n) is 9.45. The number of esters is 2. The first-order chi connectivity index (χ1) is 14.6. The Kier molecular flexibility index (Phi) is 10.3. The van der Waals surface area contributed by atoms with E-state index >= 15 is 0 Å². The molecule has 1 aromatic carbocycles. The molecule has 0 spiro atoms. The molecule has 0 bridgehead atoms. The molecule has 0 aliphatic rings. The van der Waals surface area contributed by atoms with Crippen molar-refractivity contribution in [3.8, 4) is 11.8 Å². The zero-order valence-corrected chi connectivity index (χ0v) is 21.6. The average Bonchev–Trinajstić information content (AvgIpc) is 2.65. The van der Waals surface area contributed by atoms with Gasteiger partial charge in [-0.1, -0.05) is 24.0 Å². The minimum atomic E-state index is -0.682. The molecule has 0 heterocycles. The quantitative estimate of drug-likeness (QED) is 0.243. The van der Waals surface area contributed by atoms with Crippen molar-refractivity contribution in [2.75, 3.05) is 6.61 Å². The maximum Gasteiger partial charge on any atom is 0.311 e. The lowest BCUT2D eigenvalue weighted by Gasteiger charge is -2.27. The number of carbonyl (C=O) groups excluding carboxylic acids is 2. The number of thiocarbonyl (C=S) groups is 1. The summed E-state index contributed by atoms with van der Waals surface area (Å²) in [6.07, 6.45) is 0.405. The van der Waals surface area contributed by atoms with E-state index < -0.39 is 22.3 Å². The average molecular weight is 480 g/mol. The van der Waals surface area contributed by atoms with Crippen molar-refractivity contribution in [3.63, 3.8) is 0 Å². The number of nitrogens with zero attached hydrogens (tertiary/aromatic N) is 1. The van der Waals surface area contributed by atoms with E-state index in [0.717, 1.165) is 5.56 Å².